The van der Waals surface area contributed by atoms with Crippen LogP contribution >= 0.6 is 15.9 Å². The Hall–Kier alpha value is -1.75. The van der Waals surface area contributed by atoms with E-state index in [2.05, 4.69) is 31.2 Å². The largest absolute Gasteiger partial charge is 0.374 e. The second-order valence-electron chi connectivity index (χ2n) is 5.66. The molecular formula is C15H20BrN5O3S. The fraction of sp³-hybridized carbons (Fsp3) is 0.333. The maximum Gasteiger partial charge on any atom is 0.238 e. The van der Waals surface area contributed by atoms with E-state index < -0.39 is 16.3 Å². The number of primary sulfonamides is 1. The van der Waals surface area contributed by atoms with E-state index in [1.807, 2.05) is 6.92 Å². The van der Waals surface area contributed by atoms with E-state index in [4.69, 9.17) is 5.14 Å². The first-order chi connectivity index (χ1) is 11.5. The lowest BCUT2D eigenvalue weighted by atomic mass is 10.1. The number of nitrogens with one attached hydrogen (secondary N) is 1. The highest BCUT2D eigenvalue weighted by Crippen LogP contribution is 2.30. The normalized spacial score (nSPS) is 12.8. The number of hydrogen-bond acceptors (Lipinski definition) is 7. The number of nitrogens with two attached hydrogens (primary N) is 1. The Morgan fingerprint density at radius 3 is 2.56 bits per heavy atom. The SMILES string of the molecule is Cc1ccc(S(N)(=O)=O)c(C)c1Nc1ncc(Br)c(N(C)[C@@H](C)O)n1. The smallest absolute Gasteiger partial charge is 0.238 e. The van der Waals surface area contributed by atoms with Crippen molar-refractivity contribution in [2.45, 2.75) is 31.9 Å². The molecule has 136 valence electrons. The average Bonchev–Trinajstić information content (AvgIpc) is 2.50. The van der Waals surface area contributed by atoms with Gasteiger partial charge in [0.15, 0.2) is 0 Å². The molecule has 2 rings (SSSR count). The number of aryl methyl sites for hydroxylation is 1. The van der Waals surface area contributed by atoms with Gasteiger partial charge in [0, 0.05) is 18.9 Å². The highest BCUT2D eigenvalue weighted by Gasteiger charge is 2.18. The molecule has 0 bridgehead atoms. The van der Waals surface area contributed by atoms with Gasteiger partial charge in [-0.3, -0.25) is 0 Å². The monoisotopic (exact) mass is 429 g/mol. The Labute approximate surface area is 155 Å². The molecule has 2 aromatic rings. The topological polar surface area (TPSA) is 121 Å². The fourth-order valence-corrected chi connectivity index (χ4v) is 3.54. The first kappa shape index (κ1) is 19.6. The zero-order valence-corrected chi connectivity index (χ0v) is 16.7. The van der Waals surface area contributed by atoms with Crippen molar-refractivity contribution in [1.29, 1.82) is 0 Å². The van der Waals surface area contributed by atoms with Gasteiger partial charge in [-0.1, -0.05) is 6.07 Å². The number of nitrogens with zero attached hydrogens (tertiary/aromatic N) is 3. The number of aliphatic hydroxyl groups is 1. The van der Waals surface area contributed by atoms with Crippen molar-refractivity contribution in [3.63, 3.8) is 0 Å². The van der Waals surface area contributed by atoms with Crippen LogP contribution in [0.1, 0.15) is 18.1 Å². The van der Waals surface area contributed by atoms with E-state index in [0.717, 1.165) is 5.56 Å². The summed E-state index contributed by atoms with van der Waals surface area (Å²) in [6.07, 6.45) is 0.811. The van der Waals surface area contributed by atoms with Gasteiger partial charge in [0.25, 0.3) is 0 Å². The van der Waals surface area contributed by atoms with Crippen molar-refractivity contribution in [1.82, 2.24) is 9.97 Å². The van der Waals surface area contributed by atoms with Gasteiger partial charge in [-0.15, -0.1) is 0 Å². The summed E-state index contributed by atoms with van der Waals surface area (Å²) in [4.78, 5) is 10.2. The van der Waals surface area contributed by atoms with Gasteiger partial charge < -0.3 is 15.3 Å². The first-order valence-corrected chi connectivity index (χ1v) is 9.69. The quantitative estimate of drug-likeness (QED) is 0.621. The van der Waals surface area contributed by atoms with Crippen molar-refractivity contribution in [2.24, 2.45) is 5.14 Å². The number of hydrogen-bond donors (Lipinski definition) is 3. The van der Waals surface area contributed by atoms with Crippen LogP contribution in [0.4, 0.5) is 17.5 Å². The van der Waals surface area contributed by atoms with Crippen LogP contribution in [-0.4, -0.2) is 36.8 Å². The zero-order valence-electron chi connectivity index (χ0n) is 14.3. The van der Waals surface area contributed by atoms with Gasteiger partial charge in [-0.25, -0.2) is 18.5 Å². The third kappa shape index (κ3) is 4.27. The molecule has 1 atom stereocenters. The van der Waals surface area contributed by atoms with E-state index >= 15 is 0 Å². The van der Waals surface area contributed by atoms with E-state index in [1.54, 1.807) is 38.1 Å². The lowest BCUT2D eigenvalue weighted by Gasteiger charge is -2.23. The molecule has 1 heterocycles. The second kappa shape index (κ2) is 7.24. The molecule has 0 saturated heterocycles. The average molecular weight is 430 g/mol. The minimum Gasteiger partial charge on any atom is -0.374 e. The van der Waals surface area contributed by atoms with Crippen molar-refractivity contribution in [2.75, 3.05) is 17.3 Å². The van der Waals surface area contributed by atoms with E-state index in [1.165, 1.54) is 6.07 Å². The third-order valence-corrected chi connectivity index (χ3v) is 5.40. The van der Waals surface area contributed by atoms with E-state index in [9.17, 15) is 13.5 Å². The van der Waals surface area contributed by atoms with Crippen LogP contribution in [0, 0.1) is 13.8 Å². The molecule has 0 aliphatic rings. The predicted octanol–water partition coefficient (Wildman–Crippen LogP) is 2.02. The summed E-state index contributed by atoms with van der Waals surface area (Å²) >= 11 is 3.35. The molecule has 0 aliphatic carbocycles. The number of anilines is 3. The standard InChI is InChI=1S/C15H20BrN5O3S/c1-8-5-6-12(25(17,23)24)9(2)13(8)19-15-18-7-11(16)14(20-15)21(4)10(3)22/h5-7,10,22H,1-4H3,(H2,17,23,24)(H,18,19,20)/t10-/m1/s1. The van der Waals surface area contributed by atoms with Crippen LogP contribution in [0.5, 0.6) is 0 Å². The van der Waals surface area contributed by atoms with Gasteiger partial charge in [-0.05, 0) is 53.9 Å². The molecule has 1 aromatic heterocycles. The molecule has 0 amide bonds. The summed E-state index contributed by atoms with van der Waals surface area (Å²) in [5.74, 6) is 0.758. The lowest BCUT2D eigenvalue weighted by molar-refractivity contribution is 0.194. The Kier molecular flexibility index (Phi) is 5.67. The number of halogens is 1. The lowest BCUT2D eigenvalue weighted by Crippen LogP contribution is -2.29. The second-order valence-corrected chi connectivity index (χ2v) is 8.04. The van der Waals surface area contributed by atoms with Crippen LogP contribution < -0.4 is 15.4 Å². The Morgan fingerprint density at radius 1 is 1.36 bits per heavy atom. The predicted molar refractivity (Wildman–Crippen MR) is 100 cm³/mol. The van der Waals surface area contributed by atoms with Gasteiger partial charge in [0.2, 0.25) is 16.0 Å². The first-order valence-electron chi connectivity index (χ1n) is 7.36. The molecule has 0 radical (unpaired) electrons. The third-order valence-electron chi connectivity index (χ3n) is 3.79. The van der Waals surface area contributed by atoms with Crippen LogP contribution in [-0.2, 0) is 10.0 Å². The Morgan fingerprint density at radius 2 is 2.00 bits per heavy atom. The zero-order chi connectivity index (χ0) is 18.9. The van der Waals surface area contributed by atoms with Gasteiger partial charge in [0.05, 0.1) is 9.37 Å². The maximum absolute atomic E-state index is 11.7. The Balaban J connectivity index is 2.49. The molecule has 0 unspecified atom stereocenters. The molecule has 25 heavy (non-hydrogen) atoms. The molecule has 1 aromatic carbocycles. The van der Waals surface area contributed by atoms with Gasteiger partial charge in [0.1, 0.15) is 12.0 Å². The fourth-order valence-electron chi connectivity index (χ4n) is 2.28. The number of aliphatic hydroxyl groups excluding tert-OH is 1. The van der Waals surface area contributed by atoms with Crippen LogP contribution in [0.3, 0.4) is 0 Å². The van der Waals surface area contributed by atoms with Crippen LogP contribution in [0.25, 0.3) is 0 Å². The number of rotatable bonds is 5. The van der Waals surface area contributed by atoms with E-state index in [-0.39, 0.29) is 10.8 Å². The highest BCUT2D eigenvalue weighted by molar-refractivity contribution is 9.10. The van der Waals surface area contributed by atoms with Gasteiger partial charge in [-0.2, -0.15) is 4.98 Å². The maximum atomic E-state index is 11.7. The summed E-state index contributed by atoms with van der Waals surface area (Å²) in [5, 5.41) is 18.0. The minimum atomic E-state index is -3.83. The number of benzene rings is 1. The molecule has 10 heteroatoms. The van der Waals surface area contributed by atoms with Crippen molar-refractivity contribution in [3.8, 4) is 0 Å². The summed E-state index contributed by atoms with van der Waals surface area (Å²) in [5.41, 5.74) is 1.88. The molecule has 4 N–H and O–H groups in total. The molecule has 0 spiro atoms. The summed E-state index contributed by atoms with van der Waals surface area (Å²) in [6.45, 7) is 5.12. The van der Waals surface area contributed by atoms with Crippen LogP contribution in [0.2, 0.25) is 0 Å². The summed E-state index contributed by atoms with van der Waals surface area (Å²) < 4.78 is 24.0. The molecule has 8 nitrogen and oxygen atoms in total. The van der Waals surface area contributed by atoms with Crippen molar-refractivity contribution in [3.05, 3.63) is 33.9 Å². The van der Waals surface area contributed by atoms with Gasteiger partial charge >= 0.3 is 0 Å². The molecular weight excluding hydrogens is 410 g/mol. The molecule has 0 fully saturated rings. The minimum absolute atomic E-state index is 0.0408. The van der Waals surface area contributed by atoms with Crippen molar-refractivity contribution < 1.29 is 13.5 Å². The molecule has 0 aliphatic heterocycles. The van der Waals surface area contributed by atoms with E-state index in [0.29, 0.717) is 21.5 Å². The summed E-state index contributed by atoms with van der Waals surface area (Å²) in [7, 11) is -2.14. The molecule has 0 saturated carbocycles. The summed E-state index contributed by atoms with van der Waals surface area (Å²) in [6, 6.07) is 3.14. The number of aromatic nitrogens is 2. The highest BCUT2D eigenvalue weighted by atomic mass is 79.9. The Bertz CT molecular complexity index is 902. The number of sulfonamides is 1. The van der Waals surface area contributed by atoms with Crippen LogP contribution in [0.15, 0.2) is 27.7 Å². The van der Waals surface area contributed by atoms with Crippen molar-refractivity contribution >= 4 is 43.4 Å².